The van der Waals surface area contributed by atoms with E-state index in [4.69, 9.17) is 59.0 Å². The molecule has 0 amide bonds. The summed E-state index contributed by atoms with van der Waals surface area (Å²) < 4.78 is 121. The van der Waals surface area contributed by atoms with Crippen LogP contribution in [0, 0.1) is 0 Å². The minimum absolute atomic E-state index is 0.0139. The van der Waals surface area contributed by atoms with E-state index in [1.807, 2.05) is 0 Å². The molecule has 0 saturated heterocycles. The summed E-state index contributed by atoms with van der Waals surface area (Å²) >= 11 is 0. The quantitative estimate of drug-likeness (QED) is 0.0413. The van der Waals surface area contributed by atoms with E-state index in [1.165, 1.54) is 183 Å². The minimum Gasteiger partial charge on any atom is -0.377 e. The summed E-state index contributed by atoms with van der Waals surface area (Å²) in [6.07, 6.45) is 37.9. The Morgan fingerprint density at radius 3 is 0.797 bits per heavy atom. The summed E-state index contributed by atoms with van der Waals surface area (Å²) in [6.45, 7) is 3.22. The number of ether oxygens (including phenoxy) is 1. The van der Waals surface area contributed by atoms with Crippen molar-refractivity contribution < 1.29 is 77.3 Å². The van der Waals surface area contributed by atoms with Gasteiger partial charge in [-0.15, -0.1) is 0 Å². The molecule has 0 saturated carbocycles. The van der Waals surface area contributed by atoms with Crippen LogP contribution in [0.25, 0.3) is 0 Å². The Morgan fingerprint density at radius 2 is 0.522 bits per heavy atom. The second-order valence-corrected chi connectivity index (χ2v) is 24.7. The van der Waals surface area contributed by atoms with Gasteiger partial charge in [0.1, 0.15) is 6.10 Å². The van der Waals surface area contributed by atoms with Crippen LogP contribution in [-0.4, -0.2) is 94.5 Å². The third kappa shape index (κ3) is 42.3. The van der Waals surface area contributed by atoms with E-state index in [0.717, 1.165) is 45.6 Å². The molecule has 0 aliphatic rings. The molecule has 0 aliphatic heterocycles. The summed E-state index contributed by atoms with van der Waals surface area (Å²) in [7, 11) is -10.3. The highest BCUT2D eigenvalue weighted by molar-refractivity contribution is 7.49. The molecule has 0 rings (SSSR count). The van der Waals surface area contributed by atoms with Gasteiger partial charge in [-0.05, 0) is 12.8 Å². The molecule has 0 aliphatic carbocycles. The number of phosphoric ester groups is 4. The summed E-state index contributed by atoms with van der Waals surface area (Å²) in [4.78, 5) is 0. The van der Waals surface area contributed by atoms with E-state index < -0.39 is 50.6 Å². The van der Waals surface area contributed by atoms with Gasteiger partial charge in [-0.1, -0.05) is 206 Å². The van der Waals surface area contributed by atoms with Gasteiger partial charge in [-0.25, -0.2) is 18.3 Å². The van der Waals surface area contributed by atoms with Gasteiger partial charge in [0.05, 0.1) is 52.9 Å². The molecule has 21 heteroatoms. The Kier molecular flexibility index (Phi) is 48.3. The smallest absolute Gasteiger partial charge is 0.377 e. The zero-order chi connectivity index (χ0) is 51.1. The number of rotatable bonds is 57. The topological polar surface area (TPSA) is 188 Å². The average Bonchev–Trinajstić information content (AvgIpc) is 3.36. The van der Waals surface area contributed by atoms with Crippen LogP contribution in [0.5, 0.6) is 0 Å². The molecule has 0 bridgehead atoms. The van der Waals surface area contributed by atoms with E-state index in [9.17, 15) is 18.3 Å². The molecule has 3 atom stereocenters. The molecule has 0 aromatic rings. The number of hydrogen-bond donors (Lipinski definition) is 0. The third-order valence-electron chi connectivity index (χ3n) is 11.7. The molecule has 3 unspecified atom stereocenters. The van der Waals surface area contributed by atoms with E-state index >= 15 is 0 Å². The number of phosphoric acid groups is 4. The predicted molar refractivity (Wildman–Crippen MR) is 276 cm³/mol. The zero-order valence-corrected chi connectivity index (χ0v) is 48.2. The highest BCUT2D eigenvalue weighted by atomic mass is 31.2. The van der Waals surface area contributed by atoms with Gasteiger partial charge in [-0.3, -0.25) is 54.3 Å². The van der Waals surface area contributed by atoms with E-state index in [-0.39, 0.29) is 39.6 Å². The molecule has 0 heterocycles. The largest absolute Gasteiger partial charge is 0.475 e. The summed E-state index contributed by atoms with van der Waals surface area (Å²) in [5.41, 5.74) is 0. The second kappa shape index (κ2) is 48.1. The first kappa shape index (κ1) is 69.4. The highest BCUT2D eigenvalue weighted by Crippen LogP contribution is 2.54. The average molecular weight is 1080 g/mol. The highest BCUT2D eigenvalue weighted by Gasteiger charge is 2.36. The van der Waals surface area contributed by atoms with Crippen LogP contribution in [0.4, 0.5) is 0 Å². The lowest BCUT2D eigenvalue weighted by Crippen LogP contribution is -2.25. The second-order valence-electron chi connectivity index (χ2n) is 17.6. The molecule has 0 spiro atoms. The molecule has 0 aromatic heterocycles. The van der Waals surface area contributed by atoms with Crippen molar-refractivity contribution in [1.82, 2.24) is 0 Å². The van der Waals surface area contributed by atoms with Crippen molar-refractivity contribution in [1.29, 1.82) is 0 Å². The van der Waals surface area contributed by atoms with Crippen molar-refractivity contribution in [2.75, 3.05) is 88.4 Å². The van der Waals surface area contributed by atoms with Crippen molar-refractivity contribution in [3.8, 4) is 0 Å². The maximum atomic E-state index is 13.6. The molecule has 17 nitrogen and oxygen atoms in total. The monoisotopic (exact) mass is 1070 g/mol. The van der Waals surface area contributed by atoms with Crippen molar-refractivity contribution in [3.63, 3.8) is 0 Å². The predicted octanol–water partition coefficient (Wildman–Crippen LogP) is 16.7. The Hall–Kier alpha value is 0.400. The van der Waals surface area contributed by atoms with Gasteiger partial charge in [0.15, 0.2) is 0 Å². The zero-order valence-electron chi connectivity index (χ0n) is 44.6. The van der Waals surface area contributed by atoms with Gasteiger partial charge >= 0.3 is 31.3 Å². The number of hydrogen-bond acceptors (Lipinski definition) is 17. The fourth-order valence-electron chi connectivity index (χ4n) is 7.40. The first-order valence-electron chi connectivity index (χ1n) is 26.7. The molecule has 69 heavy (non-hydrogen) atoms. The molecular formula is C48H102O17P4. The van der Waals surface area contributed by atoms with Crippen LogP contribution in [0.1, 0.15) is 219 Å². The van der Waals surface area contributed by atoms with Gasteiger partial charge < -0.3 is 4.74 Å². The van der Waals surface area contributed by atoms with E-state index in [2.05, 4.69) is 13.8 Å². The van der Waals surface area contributed by atoms with Crippen LogP contribution in [0.2, 0.25) is 0 Å². The normalized spacial score (nSPS) is 15.3. The molecular weight excluding hydrogens is 972 g/mol. The standard InChI is InChI=1S/C48H102O17P4/c1-8-10-12-14-16-18-20-22-24-26-28-30-32-34-36-38-40-59-67(50,55-5)63-46-48(65-69(52,57-7)62-45-43-58-42-44-61-66(49,53-3)54-4)47-64-68(51,56-6)60-41-39-37-35-33-31-29-27-25-23-21-19-17-15-13-11-9-2/h48H,8-47H2,1-7H3. The first-order chi connectivity index (χ1) is 33.4. The fourth-order valence-corrected chi connectivity index (χ4v) is 11.1. The van der Waals surface area contributed by atoms with Crippen molar-refractivity contribution >= 4 is 31.3 Å². The van der Waals surface area contributed by atoms with Gasteiger partial charge in [0.2, 0.25) is 0 Å². The molecule has 0 aromatic carbocycles. The summed E-state index contributed by atoms with van der Waals surface area (Å²) in [6, 6.07) is 0. The molecule has 0 N–H and O–H groups in total. The Bertz CT molecular complexity index is 1240. The SMILES string of the molecule is CCCCCCCCCCCCCCCCCCOP(=O)(OC)OCC(COP(=O)(OC)OCCCCCCCCCCCCCCCCCC)OP(=O)(OC)OCCOCCOP(=O)(OC)OC. The lowest BCUT2D eigenvalue weighted by molar-refractivity contribution is 0.00395. The third-order valence-corrected chi connectivity index (χ3v) is 17.4. The van der Waals surface area contributed by atoms with Crippen molar-refractivity contribution in [3.05, 3.63) is 0 Å². The Morgan fingerprint density at radius 1 is 0.275 bits per heavy atom. The van der Waals surface area contributed by atoms with Gasteiger partial charge in [0.25, 0.3) is 0 Å². The van der Waals surface area contributed by atoms with Crippen LogP contribution in [0.15, 0.2) is 0 Å². The molecule has 416 valence electrons. The molecule has 0 radical (unpaired) electrons. The lowest BCUT2D eigenvalue weighted by atomic mass is 10.0. The summed E-state index contributed by atoms with van der Waals surface area (Å²) in [5, 5.41) is 0. The first-order valence-corrected chi connectivity index (χ1v) is 32.6. The Labute approximate surface area is 421 Å². The maximum absolute atomic E-state index is 13.6. The summed E-state index contributed by atoms with van der Waals surface area (Å²) in [5.74, 6) is 0. The van der Waals surface area contributed by atoms with Crippen LogP contribution >= 0.6 is 31.3 Å². The fraction of sp³-hybridized carbons (Fsp3) is 1.00. The van der Waals surface area contributed by atoms with Crippen LogP contribution in [0.3, 0.4) is 0 Å². The van der Waals surface area contributed by atoms with Gasteiger partial charge in [0, 0.05) is 35.5 Å². The lowest BCUT2D eigenvalue weighted by Gasteiger charge is -2.25. The number of unbranched alkanes of at least 4 members (excludes halogenated alkanes) is 30. The van der Waals surface area contributed by atoms with Crippen LogP contribution < -0.4 is 0 Å². The van der Waals surface area contributed by atoms with Crippen LogP contribution in [-0.2, 0) is 77.3 Å². The van der Waals surface area contributed by atoms with Crippen molar-refractivity contribution in [2.45, 2.75) is 225 Å². The minimum atomic E-state index is -4.34. The van der Waals surface area contributed by atoms with E-state index in [0.29, 0.717) is 12.8 Å². The van der Waals surface area contributed by atoms with Gasteiger partial charge in [-0.2, -0.15) is 0 Å². The Balaban J connectivity index is 4.94. The van der Waals surface area contributed by atoms with Crippen molar-refractivity contribution in [2.24, 2.45) is 0 Å². The molecule has 0 fully saturated rings. The van der Waals surface area contributed by atoms with E-state index in [1.54, 1.807) is 0 Å². The maximum Gasteiger partial charge on any atom is 0.475 e.